The summed E-state index contributed by atoms with van der Waals surface area (Å²) in [6.45, 7) is 5.36. The van der Waals surface area contributed by atoms with Gasteiger partial charge in [-0.25, -0.2) is 4.79 Å². The highest BCUT2D eigenvalue weighted by Crippen LogP contribution is 2.30. The number of para-hydroxylation sites is 1. The minimum atomic E-state index is -0.290. The zero-order valence-electron chi connectivity index (χ0n) is 11.5. The van der Waals surface area contributed by atoms with E-state index in [1.165, 1.54) is 0 Å². The van der Waals surface area contributed by atoms with Gasteiger partial charge in [-0.15, -0.1) is 0 Å². The van der Waals surface area contributed by atoms with E-state index in [1.807, 2.05) is 24.3 Å². The van der Waals surface area contributed by atoms with Crippen LogP contribution in [-0.4, -0.2) is 31.0 Å². The first-order valence-electron chi connectivity index (χ1n) is 6.77. The first-order valence-corrected chi connectivity index (χ1v) is 6.77. The predicted octanol–water partition coefficient (Wildman–Crippen LogP) is 2.77. The van der Waals surface area contributed by atoms with Crippen molar-refractivity contribution in [3.8, 4) is 0 Å². The molecule has 104 valence electrons. The molecule has 1 heterocycles. The van der Waals surface area contributed by atoms with Crippen molar-refractivity contribution in [1.29, 1.82) is 0 Å². The number of benzene rings is 1. The summed E-state index contributed by atoms with van der Waals surface area (Å²) < 4.78 is 5.22. The molecule has 0 spiro atoms. The van der Waals surface area contributed by atoms with Gasteiger partial charge in [-0.3, -0.25) is 4.90 Å². The lowest BCUT2D eigenvalue weighted by Crippen LogP contribution is -2.44. The van der Waals surface area contributed by atoms with E-state index in [4.69, 9.17) is 9.84 Å². The number of amides is 1. The third-order valence-corrected chi connectivity index (χ3v) is 3.49. The predicted molar refractivity (Wildman–Crippen MR) is 74.4 cm³/mol. The molecule has 1 unspecified atom stereocenters. The maximum Gasteiger partial charge on any atom is 0.414 e. The Balaban J connectivity index is 2.26. The Bertz CT molecular complexity index is 445. The Kier molecular flexibility index (Phi) is 4.43. The summed E-state index contributed by atoms with van der Waals surface area (Å²) in [4.78, 5) is 13.7. The number of hydrogen-bond acceptors (Lipinski definition) is 3. The number of anilines is 1. The number of carbonyl (C=O) groups is 1. The number of carbonyl (C=O) groups excluding carboxylic acids is 1. The molecule has 0 aromatic heterocycles. The molecule has 1 fully saturated rings. The molecule has 19 heavy (non-hydrogen) atoms. The van der Waals surface area contributed by atoms with Crippen LogP contribution in [0.15, 0.2) is 24.3 Å². The third-order valence-electron chi connectivity index (χ3n) is 3.49. The molecule has 0 saturated carbocycles. The summed E-state index contributed by atoms with van der Waals surface area (Å²) in [7, 11) is 0. The van der Waals surface area contributed by atoms with Crippen LogP contribution in [0.5, 0.6) is 0 Å². The Morgan fingerprint density at radius 3 is 2.84 bits per heavy atom. The molecular formula is C15H21NO3. The molecule has 0 radical (unpaired) electrons. The van der Waals surface area contributed by atoms with E-state index in [0.717, 1.165) is 11.3 Å². The molecule has 4 heteroatoms. The van der Waals surface area contributed by atoms with Gasteiger partial charge in [-0.1, -0.05) is 32.0 Å². The van der Waals surface area contributed by atoms with Crippen LogP contribution in [0.3, 0.4) is 0 Å². The van der Waals surface area contributed by atoms with Crippen LogP contribution in [0.1, 0.15) is 31.7 Å². The molecule has 1 atom stereocenters. The van der Waals surface area contributed by atoms with Gasteiger partial charge in [0.2, 0.25) is 0 Å². The molecule has 1 aromatic carbocycles. The van der Waals surface area contributed by atoms with E-state index in [2.05, 4.69) is 13.8 Å². The minimum Gasteiger partial charge on any atom is -0.449 e. The first kappa shape index (κ1) is 13.9. The second-order valence-corrected chi connectivity index (χ2v) is 5.28. The van der Waals surface area contributed by atoms with Crippen LogP contribution in [-0.2, 0) is 4.74 Å². The van der Waals surface area contributed by atoms with Crippen LogP contribution in [0.4, 0.5) is 10.5 Å². The quantitative estimate of drug-likeness (QED) is 0.908. The van der Waals surface area contributed by atoms with E-state index in [-0.39, 0.29) is 18.6 Å². The van der Waals surface area contributed by atoms with Crippen molar-refractivity contribution in [2.24, 2.45) is 5.92 Å². The standard InChI is InChI=1S/C15H21NO3/c1-11(2)13-5-3-4-6-14(13)16-9-12(7-8-17)10-19-15(16)18/h3-6,11-12,17H,7-10H2,1-2H3. The van der Waals surface area contributed by atoms with Crippen LogP contribution >= 0.6 is 0 Å². The number of aliphatic hydroxyl groups excluding tert-OH is 1. The van der Waals surface area contributed by atoms with Gasteiger partial charge in [0.25, 0.3) is 0 Å². The number of hydrogen-bond donors (Lipinski definition) is 1. The fourth-order valence-electron chi connectivity index (χ4n) is 2.43. The van der Waals surface area contributed by atoms with E-state index in [9.17, 15) is 4.79 Å². The monoisotopic (exact) mass is 263 g/mol. The number of aliphatic hydroxyl groups is 1. The van der Waals surface area contributed by atoms with E-state index in [0.29, 0.717) is 25.5 Å². The zero-order valence-corrected chi connectivity index (χ0v) is 11.5. The Morgan fingerprint density at radius 1 is 1.42 bits per heavy atom. The van der Waals surface area contributed by atoms with Gasteiger partial charge in [0, 0.05) is 19.1 Å². The number of rotatable bonds is 4. The molecular weight excluding hydrogens is 242 g/mol. The van der Waals surface area contributed by atoms with Crippen LogP contribution < -0.4 is 4.90 Å². The van der Waals surface area contributed by atoms with Gasteiger partial charge in [-0.05, 0) is 24.0 Å². The molecule has 2 rings (SSSR count). The lowest BCUT2D eigenvalue weighted by molar-refractivity contribution is 0.104. The number of cyclic esters (lactones) is 1. The maximum absolute atomic E-state index is 12.0. The average Bonchev–Trinajstić information content (AvgIpc) is 2.41. The summed E-state index contributed by atoms with van der Waals surface area (Å²) in [6.07, 6.45) is 0.371. The van der Waals surface area contributed by atoms with E-state index < -0.39 is 0 Å². The Labute approximate surface area is 114 Å². The van der Waals surface area contributed by atoms with Crippen molar-refractivity contribution in [3.63, 3.8) is 0 Å². The lowest BCUT2D eigenvalue weighted by Gasteiger charge is -2.33. The first-order chi connectivity index (χ1) is 9.13. The minimum absolute atomic E-state index is 0.127. The van der Waals surface area contributed by atoms with E-state index >= 15 is 0 Å². The van der Waals surface area contributed by atoms with Gasteiger partial charge < -0.3 is 9.84 Å². The molecule has 4 nitrogen and oxygen atoms in total. The van der Waals surface area contributed by atoms with Crippen molar-refractivity contribution in [3.05, 3.63) is 29.8 Å². The second-order valence-electron chi connectivity index (χ2n) is 5.28. The van der Waals surface area contributed by atoms with Gasteiger partial charge in [-0.2, -0.15) is 0 Å². The van der Waals surface area contributed by atoms with Crippen molar-refractivity contribution in [1.82, 2.24) is 0 Å². The van der Waals surface area contributed by atoms with Crippen molar-refractivity contribution in [2.75, 3.05) is 24.7 Å². The van der Waals surface area contributed by atoms with Crippen molar-refractivity contribution in [2.45, 2.75) is 26.2 Å². The SMILES string of the molecule is CC(C)c1ccccc1N1CC(CCO)COC1=O. The topological polar surface area (TPSA) is 49.8 Å². The smallest absolute Gasteiger partial charge is 0.414 e. The molecule has 1 aliphatic heterocycles. The molecule has 1 N–H and O–H groups in total. The van der Waals surface area contributed by atoms with Crippen LogP contribution in [0.2, 0.25) is 0 Å². The molecule has 1 saturated heterocycles. The Hall–Kier alpha value is -1.55. The second kappa shape index (κ2) is 6.06. The van der Waals surface area contributed by atoms with Crippen LogP contribution in [0.25, 0.3) is 0 Å². The fraction of sp³-hybridized carbons (Fsp3) is 0.533. The lowest BCUT2D eigenvalue weighted by atomic mass is 9.99. The van der Waals surface area contributed by atoms with Crippen LogP contribution in [0, 0.1) is 5.92 Å². The van der Waals surface area contributed by atoms with Gasteiger partial charge in [0.15, 0.2) is 0 Å². The van der Waals surface area contributed by atoms with Crippen molar-refractivity contribution < 1.29 is 14.6 Å². The number of nitrogens with zero attached hydrogens (tertiary/aromatic N) is 1. The van der Waals surface area contributed by atoms with E-state index in [1.54, 1.807) is 4.90 Å². The fourth-order valence-corrected chi connectivity index (χ4v) is 2.43. The normalized spacial score (nSPS) is 19.7. The highest BCUT2D eigenvalue weighted by Gasteiger charge is 2.29. The zero-order chi connectivity index (χ0) is 13.8. The van der Waals surface area contributed by atoms with Gasteiger partial charge in [0.05, 0.1) is 12.3 Å². The molecule has 1 aliphatic rings. The molecule has 1 aromatic rings. The summed E-state index contributed by atoms with van der Waals surface area (Å²) in [5.74, 6) is 0.546. The van der Waals surface area contributed by atoms with Gasteiger partial charge in [0.1, 0.15) is 0 Å². The van der Waals surface area contributed by atoms with Crippen molar-refractivity contribution >= 4 is 11.8 Å². The Morgan fingerprint density at radius 2 is 2.16 bits per heavy atom. The highest BCUT2D eigenvalue weighted by atomic mass is 16.6. The molecule has 0 aliphatic carbocycles. The summed E-state index contributed by atoms with van der Waals surface area (Å²) in [6, 6.07) is 7.92. The summed E-state index contributed by atoms with van der Waals surface area (Å²) in [5, 5.41) is 9.03. The highest BCUT2D eigenvalue weighted by molar-refractivity contribution is 5.89. The van der Waals surface area contributed by atoms with Gasteiger partial charge >= 0.3 is 6.09 Å². The maximum atomic E-state index is 12.0. The summed E-state index contributed by atoms with van der Waals surface area (Å²) >= 11 is 0. The largest absolute Gasteiger partial charge is 0.449 e. The summed E-state index contributed by atoms with van der Waals surface area (Å²) in [5.41, 5.74) is 2.06. The molecule has 1 amide bonds. The third kappa shape index (κ3) is 3.07. The number of ether oxygens (including phenoxy) is 1. The average molecular weight is 263 g/mol. The molecule has 0 bridgehead atoms.